The van der Waals surface area contributed by atoms with Crippen LogP contribution in [-0.4, -0.2) is 36.0 Å². The second-order valence-corrected chi connectivity index (χ2v) is 8.22. The van der Waals surface area contributed by atoms with Crippen molar-refractivity contribution in [2.24, 2.45) is 5.92 Å². The summed E-state index contributed by atoms with van der Waals surface area (Å²) in [5.74, 6) is 0.0921. The van der Waals surface area contributed by atoms with Gasteiger partial charge in [0.1, 0.15) is 6.23 Å². The molecule has 0 saturated carbocycles. The standard InChI is InChI=1S/C18H25Cl2NO2S/c1-5-6-15-16(10-23-4)18(21(11(2)3)17(15)22)24-14-8-12(19)7-13(20)9-14/h7-9,11,15,17,22H,5-6,10H2,1-4H3. The lowest BCUT2D eigenvalue weighted by atomic mass is 9.96. The monoisotopic (exact) mass is 389 g/mol. The van der Waals surface area contributed by atoms with Crippen LogP contribution in [0.1, 0.15) is 33.6 Å². The molecule has 2 unspecified atom stereocenters. The van der Waals surface area contributed by atoms with E-state index in [1.807, 2.05) is 12.1 Å². The molecule has 1 heterocycles. The van der Waals surface area contributed by atoms with E-state index in [4.69, 9.17) is 27.9 Å². The summed E-state index contributed by atoms with van der Waals surface area (Å²) in [6.45, 7) is 6.83. The molecule has 0 fully saturated rings. The van der Waals surface area contributed by atoms with Gasteiger partial charge in [-0.3, -0.25) is 0 Å². The van der Waals surface area contributed by atoms with Gasteiger partial charge in [0.05, 0.1) is 11.6 Å². The molecule has 0 amide bonds. The van der Waals surface area contributed by atoms with Crippen molar-refractivity contribution in [3.8, 4) is 0 Å². The molecule has 1 aromatic rings. The zero-order chi connectivity index (χ0) is 17.9. The van der Waals surface area contributed by atoms with Crippen LogP contribution in [0.2, 0.25) is 10.0 Å². The van der Waals surface area contributed by atoms with Gasteiger partial charge in [-0.2, -0.15) is 0 Å². The molecule has 0 bridgehead atoms. The van der Waals surface area contributed by atoms with Gasteiger partial charge >= 0.3 is 0 Å². The van der Waals surface area contributed by atoms with Gasteiger partial charge in [-0.15, -0.1) is 0 Å². The molecule has 1 aliphatic heterocycles. The number of aliphatic hydroxyl groups is 1. The molecule has 1 N–H and O–H groups in total. The van der Waals surface area contributed by atoms with Crippen LogP contribution in [0.3, 0.4) is 0 Å². The summed E-state index contributed by atoms with van der Waals surface area (Å²) in [4.78, 5) is 3.04. The summed E-state index contributed by atoms with van der Waals surface area (Å²) >= 11 is 13.9. The lowest BCUT2D eigenvalue weighted by Crippen LogP contribution is -2.38. The zero-order valence-corrected chi connectivity index (χ0v) is 16.9. The molecular weight excluding hydrogens is 365 g/mol. The van der Waals surface area contributed by atoms with Gasteiger partial charge in [0.15, 0.2) is 0 Å². The molecule has 2 atom stereocenters. The number of nitrogens with zero attached hydrogens (tertiary/aromatic N) is 1. The van der Waals surface area contributed by atoms with E-state index < -0.39 is 6.23 Å². The molecule has 0 aromatic heterocycles. The van der Waals surface area contributed by atoms with Gasteiger partial charge < -0.3 is 14.7 Å². The number of halogens is 2. The van der Waals surface area contributed by atoms with E-state index in [2.05, 4.69) is 25.7 Å². The van der Waals surface area contributed by atoms with E-state index >= 15 is 0 Å². The van der Waals surface area contributed by atoms with E-state index in [1.54, 1.807) is 24.9 Å². The van der Waals surface area contributed by atoms with E-state index in [-0.39, 0.29) is 12.0 Å². The Balaban J connectivity index is 2.44. The van der Waals surface area contributed by atoms with Gasteiger partial charge in [-0.1, -0.05) is 48.3 Å². The molecular formula is C18H25Cl2NO2S. The van der Waals surface area contributed by atoms with Crippen molar-refractivity contribution < 1.29 is 9.84 Å². The Kier molecular flexibility index (Phi) is 7.32. The third-order valence-electron chi connectivity index (χ3n) is 4.11. The van der Waals surface area contributed by atoms with Gasteiger partial charge in [0, 0.05) is 34.0 Å². The number of aliphatic hydroxyl groups excluding tert-OH is 1. The molecule has 134 valence electrons. The van der Waals surface area contributed by atoms with Crippen LogP contribution in [0.5, 0.6) is 0 Å². The number of hydrogen-bond donors (Lipinski definition) is 1. The number of rotatable bonds is 7. The van der Waals surface area contributed by atoms with Crippen LogP contribution in [0, 0.1) is 5.92 Å². The average molecular weight is 390 g/mol. The van der Waals surface area contributed by atoms with Crippen LogP contribution in [0.15, 0.2) is 33.7 Å². The van der Waals surface area contributed by atoms with E-state index in [0.717, 1.165) is 28.3 Å². The van der Waals surface area contributed by atoms with Crippen molar-refractivity contribution in [2.45, 2.75) is 50.8 Å². The fourth-order valence-corrected chi connectivity index (χ4v) is 5.15. The Labute approximate surface area is 159 Å². The normalized spacial score (nSPS) is 21.2. The smallest absolute Gasteiger partial charge is 0.134 e. The SMILES string of the molecule is CCCC1C(COC)=C(Sc2cc(Cl)cc(Cl)c2)N(C(C)C)C1O. The largest absolute Gasteiger partial charge is 0.380 e. The number of benzene rings is 1. The average Bonchev–Trinajstić information content (AvgIpc) is 2.72. The summed E-state index contributed by atoms with van der Waals surface area (Å²) in [6.07, 6.45) is 1.43. The molecule has 0 aliphatic carbocycles. The van der Waals surface area contributed by atoms with Crippen molar-refractivity contribution in [3.05, 3.63) is 38.8 Å². The Morgan fingerprint density at radius 3 is 2.38 bits per heavy atom. The molecule has 2 rings (SSSR count). The lowest BCUT2D eigenvalue weighted by molar-refractivity contribution is -0.00374. The van der Waals surface area contributed by atoms with Crippen molar-refractivity contribution >= 4 is 35.0 Å². The minimum atomic E-state index is -0.521. The van der Waals surface area contributed by atoms with Crippen LogP contribution in [-0.2, 0) is 4.74 Å². The zero-order valence-electron chi connectivity index (χ0n) is 14.6. The Hall–Kier alpha value is -0.390. The fourth-order valence-electron chi connectivity index (χ4n) is 3.13. The van der Waals surface area contributed by atoms with Crippen molar-refractivity contribution in [3.63, 3.8) is 0 Å². The topological polar surface area (TPSA) is 32.7 Å². The van der Waals surface area contributed by atoms with Gasteiger partial charge in [-0.05, 0) is 44.0 Å². The molecule has 0 radical (unpaired) electrons. The van der Waals surface area contributed by atoms with Crippen molar-refractivity contribution in [2.75, 3.05) is 13.7 Å². The third-order valence-corrected chi connectivity index (χ3v) is 5.68. The highest BCUT2D eigenvalue weighted by Crippen LogP contribution is 2.45. The third kappa shape index (κ3) is 4.41. The Morgan fingerprint density at radius 2 is 1.88 bits per heavy atom. The molecule has 1 aliphatic rings. The first-order valence-corrected chi connectivity index (χ1v) is 9.78. The van der Waals surface area contributed by atoms with Crippen LogP contribution in [0.4, 0.5) is 0 Å². The maximum absolute atomic E-state index is 10.9. The number of hydrogen-bond acceptors (Lipinski definition) is 4. The van der Waals surface area contributed by atoms with Gasteiger partial charge in [-0.25, -0.2) is 0 Å². The first-order chi connectivity index (χ1) is 11.4. The van der Waals surface area contributed by atoms with E-state index in [0.29, 0.717) is 16.7 Å². The fraction of sp³-hybridized carbons (Fsp3) is 0.556. The maximum Gasteiger partial charge on any atom is 0.134 e. The molecule has 0 saturated heterocycles. The lowest BCUT2D eigenvalue weighted by Gasteiger charge is -2.31. The Bertz CT molecular complexity index is 586. The first-order valence-electron chi connectivity index (χ1n) is 8.21. The highest BCUT2D eigenvalue weighted by Gasteiger charge is 2.40. The summed E-state index contributed by atoms with van der Waals surface area (Å²) in [7, 11) is 1.69. The van der Waals surface area contributed by atoms with Crippen LogP contribution >= 0.6 is 35.0 Å². The van der Waals surface area contributed by atoms with Crippen molar-refractivity contribution in [1.82, 2.24) is 4.90 Å². The second kappa shape index (κ2) is 8.81. The van der Waals surface area contributed by atoms with Crippen molar-refractivity contribution in [1.29, 1.82) is 0 Å². The summed E-state index contributed by atoms with van der Waals surface area (Å²) < 4.78 is 5.43. The highest BCUT2D eigenvalue weighted by molar-refractivity contribution is 8.03. The number of methoxy groups -OCH3 is 1. The predicted molar refractivity (Wildman–Crippen MR) is 103 cm³/mol. The highest BCUT2D eigenvalue weighted by atomic mass is 35.5. The molecule has 0 spiro atoms. The number of thioether (sulfide) groups is 1. The quantitative estimate of drug-likeness (QED) is 0.676. The molecule has 24 heavy (non-hydrogen) atoms. The summed E-state index contributed by atoms with van der Waals surface area (Å²) in [5.41, 5.74) is 1.15. The van der Waals surface area contributed by atoms with Crippen LogP contribution in [0.25, 0.3) is 0 Å². The van der Waals surface area contributed by atoms with E-state index in [9.17, 15) is 5.11 Å². The molecule has 6 heteroatoms. The summed E-state index contributed by atoms with van der Waals surface area (Å²) in [6, 6.07) is 5.70. The first kappa shape index (κ1) is 19.9. The maximum atomic E-state index is 10.9. The van der Waals surface area contributed by atoms with Gasteiger partial charge in [0.2, 0.25) is 0 Å². The van der Waals surface area contributed by atoms with Gasteiger partial charge in [0.25, 0.3) is 0 Å². The van der Waals surface area contributed by atoms with Crippen LogP contribution < -0.4 is 0 Å². The van der Waals surface area contributed by atoms with E-state index in [1.165, 1.54) is 0 Å². The second-order valence-electron chi connectivity index (χ2n) is 6.28. The number of ether oxygens (including phenoxy) is 1. The predicted octanol–water partition coefficient (Wildman–Crippen LogP) is 5.40. The minimum absolute atomic E-state index is 0.0921. The summed E-state index contributed by atoms with van der Waals surface area (Å²) in [5, 5.41) is 13.1. The minimum Gasteiger partial charge on any atom is -0.380 e. The molecule has 1 aromatic carbocycles. The Morgan fingerprint density at radius 1 is 1.25 bits per heavy atom. The molecule has 3 nitrogen and oxygen atoms in total.